The fourth-order valence-electron chi connectivity index (χ4n) is 2.29. The van der Waals surface area contributed by atoms with E-state index in [1.165, 1.54) is 0 Å². The van der Waals surface area contributed by atoms with Gasteiger partial charge in [0.1, 0.15) is 0 Å². The van der Waals surface area contributed by atoms with Crippen LogP contribution in [0.2, 0.25) is 0 Å². The molecule has 1 aliphatic rings. The molecule has 1 unspecified atom stereocenters. The molecule has 4 heteroatoms. The van der Waals surface area contributed by atoms with Gasteiger partial charge in [-0.15, -0.1) is 0 Å². The number of rotatable bonds is 5. The number of benzene rings is 1. The maximum absolute atomic E-state index is 5.56. The van der Waals surface area contributed by atoms with Gasteiger partial charge >= 0.3 is 0 Å². The van der Waals surface area contributed by atoms with Crippen molar-refractivity contribution >= 4 is 28.7 Å². The quantitative estimate of drug-likeness (QED) is 0.427. The Kier molecular flexibility index (Phi) is 5.61. The third-order valence-electron chi connectivity index (χ3n) is 3.44. The van der Waals surface area contributed by atoms with Gasteiger partial charge in [-0.1, -0.05) is 71.2 Å². The fourth-order valence-corrected chi connectivity index (χ4v) is 3.52. The van der Waals surface area contributed by atoms with Gasteiger partial charge in [-0.2, -0.15) is 0 Å². The van der Waals surface area contributed by atoms with Gasteiger partial charge in [0, 0.05) is 14.2 Å². The Hall–Kier alpha value is -1.11. The van der Waals surface area contributed by atoms with Crippen molar-refractivity contribution in [2.24, 2.45) is 0 Å². The van der Waals surface area contributed by atoms with Crippen LogP contribution in [0.3, 0.4) is 0 Å². The third kappa shape index (κ3) is 3.39. The van der Waals surface area contributed by atoms with Crippen LogP contribution in [-0.4, -0.2) is 31.0 Å². The van der Waals surface area contributed by atoms with Crippen LogP contribution in [0, 0.1) is 0 Å². The van der Waals surface area contributed by atoms with E-state index in [2.05, 4.69) is 53.0 Å². The minimum atomic E-state index is -0.862. The summed E-state index contributed by atoms with van der Waals surface area (Å²) in [6.45, 7) is 0. The highest BCUT2D eigenvalue weighted by molar-refractivity contribution is 14.1. The summed E-state index contributed by atoms with van der Waals surface area (Å²) in [7, 11) is 4.88. The summed E-state index contributed by atoms with van der Waals surface area (Å²) in [5.41, 5.74) is 2.23. The predicted octanol–water partition coefficient (Wildman–Crippen LogP) is 3.96. The minimum Gasteiger partial charge on any atom is -0.495 e. The standard InChI is InChI=1S/C17H19IO3/c1-19-16-12-14(10-9-13-7-5-4-6-8-13)11-15(18)17(16,20-2)21-3/h4-12,15H,1-3H3/b10-9-. The number of hydrogen-bond acceptors (Lipinski definition) is 3. The Morgan fingerprint density at radius 3 is 2.29 bits per heavy atom. The van der Waals surface area contributed by atoms with Crippen molar-refractivity contribution < 1.29 is 14.2 Å². The lowest BCUT2D eigenvalue weighted by molar-refractivity contribution is -0.192. The van der Waals surface area contributed by atoms with Crippen molar-refractivity contribution in [3.63, 3.8) is 0 Å². The van der Waals surface area contributed by atoms with Crippen molar-refractivity contribution in [2.45, 2.75) is 9.71 Å². The minimum absolute atomic E-state index is 0.0143. The molecule has 0 saturated heterocycles. The van der Waals surface area contributed by atoms with Gasteiger partial charge < -0.3 is 14.2 Å². The normalized spacial score (nSPS) is 21.0. The zero-order chi connectivity index (χ0) is 15.3. The molecule has 0 amide bonds. The lowest BCUT2D eigenvalue weighted by atomic mass is 9.98. The first-order valence-corrected chi connectivity index (χ1v) is 7.86. The molecule has 0 fully saturated rings. The van der Waals surface area contributed by atoms with Crippen molar-refractivity contribution in [1.29, 1.82) is 0 Å². The van der Waals surface area contributed by atoms with E-state index < -0.39 is 5.79 Å². The number of halogens is 1. The number of allylic oxidation sites excluding steroid dienone is 3. The van der Waals surface area contributed by atoms with Crippen molar-refractivity contribution in [3.8, 4) is 0 Å². The molecule has 0 heterocycles. The van der Waals surface area contributed by atoms with Crippen LogP contribution < -0.4 is 0 Å². The van der Waals surface area contributed by atoms with E-state index in [4.69, 9.17) is 14.2 Å². The molecule has 1 atom stereocenters. The van der Waals surface area contributed by atoms with Gasteiger partial charge in [0.25, 0.3) is 0 Å². The summed E-state index contributed by atoms with van der Waals surface area (Å²) in [6.07, 6.45) is 8.19. The molecule has 0 N–H and O–H groups in total. The summed E-state index contributed by atoms with van der Waals surface area (Å²) in [4.78, 5) is 0. The monoisotopic (exact) mass is 398 g/mol. The second kappa shape index (κ2) is 7.24. The van der Waals surface area contributed by atoms with Crippen LogP contribution in [-0.2, 0) is 14.2 Å². The first-order valence-electron chi connectivity index (χ1n) is 6.61. The Balaban J connectivity index is 2.27. The average molecular weight is 398 g/mol. The SMILES string of the molecule is COC1=CC(/C=C\c2ccccc2)=CC(I)C1(OC)OC. The number of alkyl halides is 1. The maximum Gasteiger partial charge on any atom is 0.243 e. The highest BCUT2D eigenvalue weighted by atomic mass is 127. The van der Waals surface area contributed by atoms with Crippen molar-refractivity contribution in [3.05, 3.63) is 65.5 Å². The van der Waals surface area contributed by atoms with Crippen molar-refractivity contribution in [2.75, 3.05) is 21.3 Å². The van der Waals surface area contributed by atoms with E-state index in [1.54, 1.807) is 21.3 Å². The van der Waals surface area contributed by atoms with Gasteiger partial charge in [0.15, 0.2) is 5.76 Å². The van der Waals surface area contributed by atoms with Crippen LogP contribution >= 0.6 is 22.6 Å². The molecule has 1 aliphatic carbocycles. The molecule has 0 aliphatic heterocycles. The zero-order valence-electron chi connectivity index (χ0n) is 12.4. The van der Waals surface area contributed by atoms with Gasteiger partial charge in [-0.25, -0.2) is 0 Å². The summed E-state index contributed by atoms with van der Waals surface area (Å²) in [6, 6.07) is 10.2. The van der Waals surface area contributed by atoms with Crippen LogP contribution in [0.1, 0.15) is 5.56 Å². The molecule has 0 bridgehead atoms. The zero-order valence-corrected chi connectivity index (χ0v) is 14.5. The molecular formula is C17H19IO3. The van der Waals surface area contributed by atoms with Crippen molar-refractivity contribution in [1.82, 2.24) is 0 Å². The second-order valence-corrected chi connectivity index (χ2v) is 5.94. The lowest BCUT2D eigenvalue weighted by Gasteiger charge is -2.37. The van der Waals surface area contributed by atoms with Gasteiger partial charge in [-0.05, 0) is 17.2 Å². The molecular weight excluding hydrogens is 379 g/mol. The molecule has 0 saturated carbocycles. The number of methoxy groups -OCH3 is 3. The molecule has 0 radical (unpaired) electrons. The van der Waals surface area contributed by atoms with Crippen LogP contribution in [0.15, 0.2) is 59.9 Å². The van der Waals surface area contributed by atoms with E-state index in [-0.39, 0.29) is 3.92 Å². The summed E-state index contributed by atoms with van der Waals surface area (Å²) in [5.74, 6) is -0.193. The first-order chi connectivity index (χ1) is 10.2. The van der Waals surface area contributed by atoms with E-state index in [0.29, 0.717) is 5.76 Å². The van der Waals surface area contributed by atoms with Crippen LogP contribution in [0.5, 0.6) is 0 Å². The van der Waals surface area contributed by atoms with Crippen LogP contribution in [0.4, 0.5) is 0 Å². The molecule has 1 aromatic rings. The average Bonchev–Trinajstić information content (AvgIpc) is 2.53. The molecule has 2 rings (SSSR count). The molecule has 112 valence electrons. The third-order valence-corrected chi connectivity index (χ3v) is 4.62. The topological polar surface area (TPSA) is 27.7 Å². The van der Waals surface area contributed by atoms with E-state index in [1.807, 2.05) is 24.3 Å². The molecule has 0 aromatic heterocycles. The highest BCUT2D eigenvalue weighted by Gasteiger charge is 2.44. The number of hydrogen-bond donors (Lipinski definition) is 0. The van der Waals surface area contributed by atoms with Gasteiger partial charge in [0.05, 0.1) is 11.0 Å². The van der Waals surface area contributed by atoms with E-state index in [9.17, 15) is 0 Å². The summed E-state index contributed by atoms with van der Waals surface area (Å²) >= 11 is 2.30. The Morgan fingerprint density at radius 1 is 1.05 bits per heavy atom. The highest BCUT2D eigenvalue weighted by Crippen LogP contribution is 2.37. The molecule has 1 aromatic carbocycles. The Morgan fingerprint density at radius 2 is 1.71 bits per heavy atom. The van der Waals surface area contributed by atoms with E-state index in [0.717, 1.165) is 11.1 Å². The first kappa shape index (κ1) is 16.3. The largest absolute Gasteiger partial charge is 0.495 e. The Labute approximate surface area is 139 Å². The molecule has 0 spiro atoms. The smallest absolute Gasteiger partial charge is 0.243 e. The van der Waals surface area contributed by atoms with Crippen LogP contribution in [0.25, 0.3) is 6.08 Å². The van der Waals surface area contributed by atoms with Gasteiger partial charge in [-0.3, -0.25) is 0 Å². The number of ether oxygens (including phenoxy) is 3. The van der Waals surface area contributed by atoms with Gasteiger partial charge in [0.2, 0.25) is 5.79 Å². The lowest BCUT2D eigenvalue weighted by Crippen LogP contribution is -2.46. The predicted molar refractivity (Wildman–Crippen MR) is 93.2 cm³/mol. The summed E-state index contributed by atoms with van der Waals surface area (Å²) < 4.78 is 16.6. The van der Waals surface area contributed by atoms with E-state index >= 15 is 0 Å². The fraction of sp³-hybridized carbons (Fsp3) is 0.294. The summed E-state index contributed by atoms with van der Waals surface area (Å²) in [5, 5.41) is 0. The molecule has 3 nitrogen and oxygen atoms in total. The maximum atomic E-state index is 5.56. The Bertz CT molecular complexity index is 557. The second-order valence-electron chi connectivity index (χ2n) is 4.60. The molecule has 21 heavy (non-hydrogen) atoms.